The third-order valence-electron chi connectivity index (χ3n) is 6.03. The number of amides is 1. The Morgan fingerprint density at radius 2 is 1.50 bits per heavy atom. The van der Waals surface area contributed by atoms with Gasteiger partial charge in [0.2, 0.25) is 5.91 Å². The zero-order valence-corrected chi connectivity index (χ0v) is 17.4. The van der Waals surface area contributed by atoms with Crippen molar-refractivity contribution in [3.63, 3.8) is 0 Å². The Balaban J connectivity index is 1.81. The van der Waals surface area contributed by atoms with Crippen molar-refractivity contribution >= 4 is 5.91 Å². The zero-order chi connectivity index (χ0) is 21.5. The van der Waals surface area contributed by atoms with Gasteiger partial charge in [-0.05, 0) is 31.0 Å². The molecule has 1 amide bonds. The first kappa shape index (κ1) is 22.4. The molecular weight excluding hydrogens is 380 g/mol. The zero-order valence-electron chi connectivity index (χ0n) is 17.4. The molecule has 0 spiro atoms. The van der Waals surface area contributed by atoms with E-state index in [1.54, 1.807) is 0 Å². The first-order valence-corrected chi connectivity index (χ1v) is 10.7. The summed E-state index contributed by atoms with van der Waals surface area (Å²) in [5.74, 6) is -0.0354. The fourth-order valence-corrected chi connectivity index (χ4v) is 4.51. The molecule has 6 nitrogen and oxygen atoms in total. The van der Waals surface area contributed by atoms with Gasteiger partial charge < -0.3 is 20.6 Å². The highest BCUT2D eigenvalue weighted by Gasteiger charge is 2.47. The van der Waals surface area contributed by atoms with Gasteiger partial charge >= 0.3 is 0 Å². The molecule has 0 aliphatic carbocycles. The van der Waals surface area contributed by atoms with E-state index in [0.29, 0.717) is 13.1 Å². The summed E-state index contributed by atoms with van der Waals surface area (Å²) < 4.78 is 0. The van der Waals surface area contributed by atoms with Crippen LogP contribution in [0.25, 0.3) is 0 Å². The van der Waals surface area contributed by atoms with E-state index >= 15 is 0 Å². The summed E-state index contributed by atoms with van der Waals surface area (Å²) in [7, 11) is 0. The quantitative estimate of drug-likeness (QED) is 0.501. The normalized spacial score (nSPS) is 24.3. The number of carbonyl (C=O) groups excluding carboxylic acids is 1. The van der Waals surface area contributed by atoms with Crippen LogP contribution in [0.3, 0.4) is 0 Å². The van der Waals surface area contributed by atoms with Crippen molar-refractivity contribution in [3.8, 4) is 0 Å². The lowest BCUT2D eigenvalue weighted by molar-refractivity contribution is -0.123. The number of likely N-dealkylation sites (tertiary alicyclic amines) is 1. The molecule has 0 unspecified atom stereocenters. The Morgan fingerprint density at radius 1 is 0.967 bits per heavy atom. The molecule has 1 aliphatic heterocycles. The first-order valence-electron chi connectivity index (χ1n) is 10.7. The molecule has 4 N–H and O–H groups in total. The van der Waals surface area contributed by atoms with E-state index in [2.05, 4.69) is 29.6 Å². The fourth-order valence-electron chi connectivity index (χ4n) is 4.51. The van der Waals surface area contributed by atoms with Crippen molar-refractivity contribution in [2.24, 2.45) is 0 Å². The molecule has 1 aliphatic rings. The molecule has 2 aromatic rings. The molecule has 1 heterocycles. The van der Waals surface area contributed by atoms with Crippen LogP contribution in [-0.4, -0.2) is 70.1 Å². The maximum atomic E-state index is 12.2. The highest BCUT2D eigenvalue weighted by molar-refractivity contribution is 5.76. The Bertz CT molecular complexity index is 747. The van der Waals surface area contributed by atoms with Crippen LogP contribution in [0.5, 0.6) is 0 Å². The number of nitrogens with one attached hydrogen (secondary N) is 1. The van der Waals surface area contributed by atoms with E-state index in [-0.39, 0.29) is 24.9 Å². The van der Waals surface area contributed by atoms with Gasteiger partial charge in [0.25, 0.3) is 0 Å². The van der Waals surface area contributed by atoms with Gasteiger partial charge in [0.05, 0.1) is 24.9 Å². The highest BCUT2D eigenvalue weighted by atomic mass is 16.3. The van der Waals surface area contributed by atoms with E-state index in [1.807, 2.05) is 48.2 Å². The maximum absolute atomic E-state index is 12.2. The SMILES string of the molecule is CCNC(=O)C[C@@H]1[C@@H](O)[C@H](O)[C@@H](CO)N1CCC(c1ccccc1)c1ccccc1. The first-order chi connectivity index (χ1) is 14.6. The smallest absolute Gasteiger partial charge is 0.221 e. The number of hydrogen-bond donors (Lipinski definition) is 4. The molecule has 0 aromatic heterocycles. The van der Waals surface area contributed by atoms with E-state index in [4.69, 9.17) is 0 Å². The van der Waals surface area contributed by atoms with Crippen molar-refractivity contribution in [3.05, 3.63) is 71.8 Å². The molecule has 2 aromatic carbocycles. The van der Waals surface area contributed by atoms with Crippen LogP contribution in [0, 0.1) is 0 Å². The van der Waals surface area contributed by atoms with E-state index < -0.39 is 24.3 Å². The highest BCUT2D eigenvalue weighted by Crippen LogP contribution is 2.32. The number of nitrogens with zero attached hydrogens (tertiary/aromatic N) is 1. The largest absolute Gasteiger partial charge is 0.395 e. The predicted octanol–water partition coefficient (Wildman–Crippen LogP) is 1.50. The van der Waals surface area contributed by atoms with Gasteiger partial charge in [-0.15, -0.1) is 0 Å². The lowest BCUT2D eigenvalue weighted by Crippen LogP contribution is -2.44. The lowest BCUT2D eigenvalue weighted by Gasteiger charge is -2.31. The Labute approximate surface area is 178 Å². The third-order valence-corrected chi connectivity index (χ3v) is 6.03. The van der Waals surface area contributed by atoms with Gasteiger partial charge in [0, 0.05) is 24.9 Å². The minimum absolute atomic E-state index is 0.0872. The van der Waals surface area contributed by atoms with Gasteiger partial charge in [0.1, 0.15) is 0 Å². The van der Waals surface area contributed by atoms with Crippen molar-refractivity contribution in [2.75, 3.05) is 19.7 Å². The number of rotatable bonds is 9. The molecule has 162 valence electrons. The number of hydrogen-bond acceptors (Lipinski definition) is 5. The van der Waals surface area contributed by atoms with Crippen molar-refractivity contribution in [1.29, 1.82) is 0 Å². The summed E-state index contributed by atoms with van der Waals surface area (Å²) in [5, 5.41) is 33.6. The molecule has 0 bridgehead atoms. The van der Waals surface area contributed by atoms with Crippen molar-refractivity contribution in [1.82, 2.24) is 10.2 Å². The topological polar surface area (TPSA) is 93.0 Å². The summed E-state index contributed by atoms with van der Waals surface area (Å²) in [6, 6.07) is 19.3. The van der Waals surface area contributed by atoms with Gasteiger partial charge in [-0.2, -0.15) is 0 Å². The van der Waals surface area contributed by atoms with E-state index in [9.17, 15) is 20.1 Å². The Hall–Kier alpha value is -2.25. The van der Waals surface area contributed by atoms with E-state index in [0.717, 1.165) is 6.42 Å². The molecule has 0 radical (unpaired) electrons. The fraction of sp³-hybridized carbons (Fsp3) is 0.458. The predicted molar refractivity (Wildman–Crippen MR) is 116 cm³/mol. The number of aliphatic hydroxyl groups is 3. The van der Waals surface area contributed by atoms with Gasteiger partial charge in [-0.3, -0.25) is 9.69 Å². The van der Waals surface area contributed by atoms with Crippen LogP contribution < -0.4 is 5.32 Å². The molecule has 30 heavy (non-hydrogen) atoms. The average molecular weight is 413 g/mol. The molecule has 1 fully saturated rings. The van der Waals surface area contributed by atoms with E-state index in [1.165, 1.54) is 11.1 Å². The monoisotopic (exact) mass is 412 g/mol. The minimum atomic E-state index is -1.08. The Kier molecular flexibility index (Phi) is 7.99. The molecular formula is C24H32N2O4. The summed E-state index contributed by atoms with van der Waals surface area (Å²) in [5.41, 5.74) is 2.37. The molecule has 3 rings (SSSR count). The lowest BCUT2D eigenvalue weighted by atomic mass is 9.88. The van der Waals surface area contributed by atoms with Crippen LogP contribution in [0.2, 0.25) is 0 Å². The Morgan fingerprint density at radius 3 is 2.00 bits per heavy atom. The number of aliphatic hydroxyl groups excluding tert-OH is 3. The second kappa shape index (κ2) is 10.7. The van der Waals surface area contributed by atoms with Gasteiger partial charge in [-0.25, -0.2) is 0 Å². The standard InChI is InChI=1S/C24H32N2O4/c1-2-25-22(28)15-20-23(29)24(30)21(16-27)26(20)14-13-19(17-9-5-3-6-10-17)18-11-7-4-8-12-18/h3-12,19-21,23-24,27,29-30H,2,13-16H2,1H3,(H,25,28)/t20-,21-,23-,24-/m1/s1. The second-order valence-corrected chi connectivity index (χ2v) is 7.86. The summed E-state index contributed by atoms with van der Waals surface area (Å²) >= 11 is 0. The summed E-state index contributed by atoms with van der Waals surface area (Å²) in [6.07, 6.45) is -1.34. The molecule has 1 saturated heterocycles. The van der Waals surface area contributed by atoms with Crippen LogP contribution in [-0.2, 0) is 4.79 Å². The molecule has 6 heteroatoms. The maximum Gasteiger partial charge on any atom is 0.221 e. The summed E-state index contributed by atoms with van der Waals surface area (Å²) in [4.78, 5) is 14.1. The van der Waals surface area contributed by atoms with Crippen LogP contribution in [0.4, 0.5) is 0 Å². The van der Waals surface area contributed by atoms with Gasteiger partial charge in [0.15, 0.2) is 0 Å². The summed E-state index contributed by atoms with van der Waals surface area (Å²) in [6.45, 7) is 2.62. The van der Waals surface area contributed by atoms with Crippen LogP contribution in [0.15, 0.2) is 60.7 Å². The number of benzene rings is 2. The third kappa shape index (κ3) is 5.08. The average Bonchev–Trinajstić information content (AvgIpc) is 2.99. The van der Waals surface area contributed by atoms with Crippen LogP contribution >= 0.6 is 0 Å². The minimum Gasteiger partial charge on any atom is -0.395 e. The molecule has 0 saturated carbocycles. The molecule has 4 atom stereocenters. The van der Waals surface area contributed by atoms with Crippen molar-refractivity contribution < 1.29 is 20.1 Å². The van der Waals surface area contributed by atoms with Crippen molar-refractivity contribution in [2.45, 2.75) is 50.0 Å². The van der Waals surface area contributed by atoms with Crippen LogP contribution in [0.1, 0.15) is 36.8 Å². The number of carbonyl (C=O) groups is 1. The second-order valence-electron chi connectivity index (χ2n) is 7.86. The van der Waals surface area contributed by atoms with Gasteiger partial charge in [-0.1, -0.05) is 60.7 Å².